The first-order valence-corrected chi connectivity index (χ1v) is 3.17. The van der Waals surface area contributed by atoms with E-state index in [0.29, 0.717) is 6.42 Å². The maximum absolute atomic E-state index is 10.2. The van der Waals surface area contributed by atoms with E-state index >= 15 is 0 Å². The molecule has 0 amide bonds. The predicted octanol–water partition coefficient (Wildman–Crippen LogP) is 0.136. The Balaban J connectivity index is 3.00. The van der Waals surface area contributed by atoms with Crippen LogP contribution in [0.1, 0.15) is 6.42 Å². The molecule has 0 spiro atoms. The fourth-order valence-electron chi connectivity index (χ4n) is 0.185. The van der Waals surface area contributed by atoms with Crippen LogP contribution in [0.3, 0.4) is 0 Å². The molecule has 0 saturated heterocycles. The van der Waals surface area contributed by atoms with E-state index in [2.05, 4.69) is 20.7 Å². The molecule has 42 valence electrons. The van der Waals surface area contributed by atoms with Crippen LogP contribution in [0.25, 0.3) is 0 Å². The third-order valence-corrected chi connectivity index (χ3v) is 0.962. The molecule has 0 N–H and O–H groups in total. The monoisotopic (exact) mass is 167 g/mol. The molecule has 0 unspecified atom stereocenters. The van der Waals surface area contributed by atoms with Crippen molar-refractivity contribution in [1.82, 2.24) is 0 Å². The standard InChI is InChI=1S/C4H8O2Se/c1-6-4(5)2-3-7/h7H,2-3H2,1H3/p-1. The molecule has 0 heterocycles. The average Bonchev–Trinajstić information content (AvgIpc) is 1.68. The Morgan fingerprint density at radius 1 is 1.86 bits per heavy atom. The van der Waals surface area contributed by atoms with Crippen molar-refractivity contribution >= 4 is 22.0 Å². The number of carbonyl (C=O) groups is 1. The molecule has 0 aromatic rings. The van der Waals surface area contributed by atoms with Gasteiger partial charge in [0.1, 0.15) is 0 Å². The molecule has 0 aliphatic heterocycles. The summed E-state index contributed by atoms with van der Waals surface area (Å²) < 4.78 is 4.33. The van der Waals surface area contributed by atoms with E-state index in [1.165, 1.54) is 7.11 Å². The SMILES string of the molecule is COC(=O)CC[Se-]. The van der Waals surface area contributed by atoms with E-state index in [4.69, 9.17) is 0 Å². The summed E-state index contributed by atoms with van der Waals surface area (Å²) in [6.45, 7) is 0. The summed E-state index contributed by atoms with van der Waals surface area (Å²) in [6, 6.07) is 0. The second-order valence-electron chi connectivity index (χ2n) is 1.03. The van der Waals surface area contributed by atoms with E-state index in [1.807, 2.05) is 0 Å². The Morgan fingerprint density at radius 3 is 2.57 bits per heavy atom. The molecular formula is C4H7O2Se-. The Bertz CT molecular complexity index is 62.7. The zero-order valence-electron chi connectivity index (χ0n) is 4.14. The molecule has 2 nitrogen and oxygen atoms in total. The number of carbonyl (C=O) groups excluding carboxylic acids is 1. The van der Waals surface area contributed by atoms with Gasteiger partial charge in [-0.25, -0.2) is 0 Å². The molecule has 0 aliphatic rings. The van der Waals surface area contributed by atoms with E-state index in [9.17, 15) is 4.79 Å². The van der Waals surface area contributed by atoms with Gasteiger partial charge in [0, 0.05) is 0 Å². The Labute approximate surface area is 51.0 Å². The third kappa shape index (κ3) is 3.83. The number of ether oxygens (including phenoxy) is 1. The molecule has 7 heavy (non-hydrogen) atoms. The minimum absolute atomic E-state index is 0.154. The van der Waals surface area contributed by atoms with Gasteiger partial charge in [0.2, 0.25) is 0 Å². The Hall–Kier alpha value is -0.0105. The molecule has 0 aromatic carbocycles. The van der Waals surface area contributed by atoms with Crippen molar-refractivity contribution in [2.24, 2.45) is 0 Å². The fraction of sp³-hybridized carbons (Fsp3) is 0.750. The number of esters is 1. The summed E-state index contributed by atoms with van der Waals surface area (Å²) in [5.74, 6) is -0.154. The summed E-state index contributed by atoms with van der Waals surface area (Å²) in [7, 11) is 1.39. The quantitative estimate of drug-likeness (QED) is 0.430. The summed E-state index contributed by atoms with van der Waals surface area (Å²) in [5.41, 5.74) is 0. The van der Waals surface area contributed by atoms with Crippen molar-refractivity contribution in [2.45, 2.75) is 11.7 Å². The Kier molecular flexibility index (Phi) is 4.15. The number of hydrogen-bond acceptors (Lipinski definition) is 2. The normalized spacial score (nSPS) is 8.29. The van der Waals surface area contributed by atoms with Crippen LogP contribution in [-0.4, -0.2) is 29.1 Å². The van der Waals surface area contributed by atoms with E-state index in [-0.39, 0.29) is 5.97 Å². The van der Waals surface area contributed by atoms with Gasteiger partial charge in [0.15, 0.2) is 0 Å². The summed E-state index contributed by atoms with van der Waals surface area (Å²) in [4.78, 5) is 10.2. The van der Waals surface area contributed by atoms with Crippen molar-refractivity contribution in [3.63, 3.8) is 0 Å². The van der Waals surface area contributed by atoms with Crippen LogP contribution >= 0.6 is 0 Å². The first kappa shape index (κ1) is 6.99. The molecule has 0 radical (unpaired) electrons. The zero-order chi connectivity index (χ0) is 5.70. The minimum atomic E-state index is -0.154. The second-order valence-corrected chi connectivity index (χ2v) is 1.89. The maximum atomic E-state index is 10.2. The second kappa shape index (κ2) is 4.16. The van der Waals surface area contributed by atoms with Gasteiger partial charge >= 0.3 is 50.4 Å². The molecule has 0 bridgehead atoms. The third-order valence-electron chi connectivity index (χ3n) is 0.534. The summed E-state index contributed by atoms with van der Waals surface area (Å²) in [5, 5.41) is 0.743. The number of methoxy groups -OCH3 is 1. The van der Waals surface area contributed by atoms with Gasteiger partial charge in [-0.3, -0.25) is 0 Å². The molecule has 0 atom stereocenters. The molecule has 0 rings (SSSR count). The first-order chi connectivity index (χ1) is 3.31. The van der Waals surface area contributed by atoms with Crippen LogP contribution in [0.15, 0.2) is 0 Å². The van der Waals surface area contributed by atoms with Crippen LogP contribution < -0.4 is 0 Å². The van der Waals surface area contributed by atoms with Gasteiger partial charge in [-0.15, -0.1) is 0 Å². The summed E-state index contributed by atoms with van der Waals surface area (Å²) in [6.07, 6.45) is 0.483. The number of hydrogen-bond donors (Lipinski definition) is 0. The molecule has 0 fully saturated rings. The van der Waals surface area contributed by atoms with Crippen LogP contribution in [0, 0.1) is 0 Å². The van der Waals surface area contributed by atoms with Crippen LogP contribution in [0.2, 0.25) is 5.32 Å². The zero-order valence-corrected chi connectivity index (χ0v) is 5.85. The molecule has 3 heteroatoms. The Morgan fingerprint density at radius 2 is 2.43 bits per heavy atom. The van der Waals surface area contributed by atoms with E-state index < -0.39 is 0 Å². The fourth-order valence-corrected chi connectivity index (χ4v) is 0.535. The van der Waals surface area contributed by atoms with Crippen molar-refractivity contribution in [3.05, 3.63) is 0 Å². The van der Waals surface area contributed by atoms with Gasteiger partial charge in [-0.2, -0.15) is 0 Å². The van der Waals surface area contributed by atoms with Crippen molar-refractivity contribution in [1.29, 1.82) is 0 Å². The van der Waals surface area contributed by atoms with Gasteiger partial charge in [0.05, 0.1) is 0 Å². The molecular weight excluding hydrogens is 159 g/mol. The van der Waals surface area contributed by atoms with Gasteiger partial charge in [-0.1, -0.05) is 0 Å². The predicted molar refractivity (Wildman–Crippen MR) is 27.2 cm³/mol. The van der Waals surface area contributed by atoms with Crippen molar-refractivity contribution in [3.8, 4) is 0 Å². The van der Waals surface area contributed by atoms with Crippen LogP contribution in [0.5, 0.6) is 0 Å². The van der Waals surface area contributed by atoms with Gasteiger partial charge in [-0.05, 0) is 0 Å². The van der Waals surface area contributed by atoms with E-state index in [0.717, 1.165) is 5.32 Å². The molecule has 0 saturated carbocycles. The van der Waals surface area contributed by atoms with Gasteiger partial charge in [0.25, 0.3) is 0 Å². The molecule has 0 aromatic heterocycles. The van der Waals surface area contributed by atoms with Crippen LogP contribution in [0.4, 0.5) is 0 Å². The summed E-state index contributed by atoms with van der Waals surface area (Å²) >= 11 is 2.71. The van der Waals surface area contributed by atoms with E-state index in [1.54, 1.807) is 0 Å². The van der Waals surface area contributed by atoms with Crippen molar-refractivity contribution < 1.29 is 9.53 Å². The topological polar surface area (TPSA) is 26.3 Å². The molecule has 0 aliphatic carbocycles. The van der Waals surface area contributed by atoms with Crippen LogP contribution in [-0.2, 0) is 9.53 Å². The first-order valence-electron chi connectivity index (χ1n) is 1.96. The number of rotatable bonds is 2. The van der Waals surface area contributed by atoms with Crippen molar-refractivity contribution in [2.75, 3.05) is 7.11 Å². The van der Waals surface area contributed by atoms with Gasteiger partial charge < -0.3 is 0 Å². The average molecular weight is 166 g/mol.